The number of carbonyl (C=O) groups is 1. The van der Waals surface area contributed by atoms with Crippen molar-refractivity contribution in [1.29, 1.82) is 0 Å². The van der Waals surface area contributed by atoms with Crippen molar-refractivity contribution in [3.63, 3.8) is 0 Å². The van der Waals surface area contributed by atoms with Gasteiger partial charge in [0.1, 0.15) is 11.6 Å². The highest BCUT2D eigenvalue weighted by atomic mass is 79.9. The van der Waals surface area contributed by atoms with Crippen molar-refractivity contribution in [3.05, 3.63) is 62.6 Å². The number of benzene rings is 2. The maximum atomic E-state index is 13.7. The number of primary amides is 1. The Bertz CT molecular complexity index is 710. The lowest BCUT2D eigenvalue weighted by molar-refractivity contribution is 0.0996. The van der Waals surface area contributed by atoms with Crippen LogP contribution in [0.5, 0.6) is 0 Å². The number of nitrogens with two attached hydrogens (primary N) is 1. The zero-order chi connectivity index (χ0) is 15.6. The number of hydrogen-bond donors (Lipinski definition) is 2. The molecule has 0 spiro atoms. The molecular formula is C14H10BrClF2N2O. The predicted molar refractivity (Wildman–Crippen MR) is 81.4 cm³/mol. The maximum absolute atomic E-state index is 13.7. The molecular weight excluding hydrogens is 366 g/mol. The van der Waals surface area contributed by atoms with Gasteiger partial charge in [0.25, 0.3) is 5.91 Å². The van der Waals surface area contributed by atoms with Gasteiger partial charge in [-0.25, -0.2) is 8.78 Å². The molecule has 0 heterocycles. The maximum Gasteiger partial charge on any atom is 0.251 e. The lowest BCUT2D eigenvalue weighted by Crippen LogP contribution is -2.14. The second-order valence-electron chi connectivity index (χ2n) is 4.28. The van der Waals surface area contributed by atoms with E-state index in [4.69, 9.17) is 17.3 Å². The summed E-state index contributed by atoms with van der Waals surface area (Å²) in [5, 5.41) is 3.30. The van der Waals surface area contributed by atoms with Crippen molar-refractivity contribution in [2.75, 3.05) is 5.32 Å². The average Bonchev–Trinajstić information content (AvgIpc) is 2.41. The zero-order valence-corrected chi connectivity index (χ0v) is 12.9. The summed E-state index contributed by atoms with van der Waals surface area (Å²) >= 11 is 9.22. The SMILES string of the molecule is NC(=O)c1cc(NCc2ccc(Br)c(Cl)c2)c(F)cc1F. The Balaban J connectivity index is 2.21. The number of nitrogens with one attached hydrogen (secondary N) is 1. The standard InChI is InChI=1S/C14H10BrClF2N2O/c15-9-2-1-7(3-10(9)16)6-20-13-4-8(14(19)21)11(17)5-12(13)18/h1-5,20H,6H2,(H2,19,21). The molecule has 0 bridgehead atoms. The first-order chi connectivity index (χ1) is 9.88. The van der Waals surface area contributed by atoms with E-state index in [1.807, 2.05) is 0 Å². The van der Waals surface area contributed by atoms with Crippen LogP contribution in [0, 0.1) is 11.6 Å². The third-order valence-corrected chi connectivity index (χ3v) is 4.02. The molecule has 0 radical (unpaired) electrons. The van der Waals surface area contributed by atoms with E-state index < -0.39 is 17.5 Å². The lowest BCUT2D eigenvalue weighted by Gasteiger charge is -2.10. The number of anilines is 1. The van der Waals surface area contributed by atoms with Crippen molar-refractivity contribution in [3.8, 4) is 0 Å². The van der Waals surface area contributed by atoms with E-state index in [9.17, 15) is 13.6 Å². The Labute approximate surface area is 133 Å². The molecule has 3 nitrogen and oxygen atoms in total. The van der Waals surface area contributed by atoms with Crippen LogP contribution in [0.15, 0.2) is 34.8 Å². The summed E-state index contributed by atoms with van der Waals surface area (Å²) in [6.07, 6.45) is 0. The van der Waals surface area contributed by atoms with Crippen LogP contribution >= 0.6 is 27.5 Å². The van der Waals surface area contributed by atoms with Gasteiger partial charge in [0.2, 0.25) is 0 Å². The van der Waals surface area contributed by atoms with Crippen LogP contribution in [0.1, 0.15) is 15.9 Å². The van der Waals surface area contributed by atoms with Gasteiger partial charge in [-0.15, -0.1) is 0 Å². The minimum atomic E-state index is -0.989. The second kappa shape index (κ2) is 6.41. The van der Waals surface area contributed by atoms with Crippen LogP contribution in [0.2, 0.25) is 5.02 Å². The highest BCUT2D eigenvalue weighted by molar-refractivity contribution is 9.10. The Morgan fingerprint density at radius 1 is 1.24 bits per heavy atom. The van der Waals surface area contributed by atoms with Gasteiger partial charge in [0.15, 0.2) is 0 Å². The van der Waals surface area contributed by atoms with Crippen LogP contribution in [-0.4, -0.2) is 5.91 Å². The van der Waals surface area contributed by atoms with Crippen LogP contribution in [-0.2, 0) is 6.54 Å². The quantitative estimate of drug-likeness (QED) is 0.845. The first-order valence-corrected chi connectivity index (χ1v) is 7.02. The monoisotopic (exact) mass is 374 g/mol. The molecule has 0 aliphatic heterocycles. The van der Waals surface area contributed by atoms with Gasteiger partial charge in [-0.1, -0.05) is 17.7 Å². The van der Waals surface area contributed by atoms with Gasteiger partial charge in [-0.3, -0.25) is 4.79 Å². The van der Waals surface area contributed by atoms with E-state index in [0.717, 1.165) is 16.1 Å². The molecule has 1 amide bonds. The first kappa shape index (κ1) is 15.7. The molecule has 0 aliphatic carbocycles. The Hall–Kier alpha value is -1.66. The minimum Gasteiger partial charge on any atom is -0.379 e. The van der Waals surface area contributed by atoms with E-state index in [-0.39, 0.29) is 17.8 Å². The van der Waals surface area contributed by atoms with Crippen LogP contribution < -0.4 is 11.1 Å². The molecule has 0 fully saturated rings. The summed E-state index contributed by atoms with van der Waals surface area (Å²) in [5.74, 6) is -2.75. The van der Waals surface area contributed by atoms with Gasteiger partial charge in [-0.2, -0.15) is 0 Å². The number of rotatable bonds is 4. The second-order valence-corrected chi connectivity index (χ2v) is 5.54. The van der Waals surface area contributed by atoms with Gasteiger partial charge < -0.3 is 11.1 Å². The number of amides is 1. The zero-order valence-electron chi connectivity index (χ0n) is 10.6. The van der Waals surface area contributed by atoms with Crippen molar-refractivity contribution in [2.24, 2.45) is 5.73 Å². The fourth-order valence-corrected chi connectivity index (χ4v) is 2.17. The summed E-state index contributed by atoms with van der Waals surface area (Å²) in [6, 6.07) is 6.92. The van der Waals surface area contributed by atoms with Crippen LogP contribution in [0.4, 0.5) is 14.5 Å². The summed E-state index contributed by atoms with van der Waals surface area (Å²) in [6.45, 7) is 0.258. The topological polar surface area (TPSA) is 55.1 Å². The minimum absolute atomic E-state index is 0.00996. The summed E-state index contributed by atoms with van der Waals surface area (Å²) in [4.78, 5) is 11.1. The molecule has 0 atom stereocenters. The number of hydrogen-bond acceptors (Lipinski definition) is 2. The Morgan fingerprint density at radius 3 is 2.57 bits per heavy atom. The third-order valence-electron chi connectivity index (χ3n) is 2.79. The third kappa shape index (κ3) is 3.71. The molecule has 7 heteroatoms. The number of halogens is 4. The van der Waals surface area contributed by atoms with Crippen molar-refractivity contribution >= 4 is 39.1 Å². The average molecular weight is 376 g/mol. The highest BCUT2D eigenvalue weighted by Crippen LogP contribution is 2.24. The largest absolute Gasteiger partial charge is 0.379 e. The fourth-order valence-electron chi connectivity index (χ4n) is 1.72. The molecule has 2 rings (SSSR count). The van der Waals surface area contributed by atoms with Gasteiger partial charge >= 0.3 is 0 Å². The summed E-state index contributed by atoms with van der Waals surface area (Å²) in [5.41, 5.74) is 5.45. The molecule has 3 N–H and O–H groups in total. The van der Waals surface area contributed by atoms with E-state index in [1.165, 1.54) is 0 Å². The van der Waals surface area contributed by atoms with Crippen LogP contribution in [0.3, 0.4) is 0 Å². The van der Waals surface area contributed by atoms with Crippen molar-refractivity contribution in [1.82, 2.24) is 0 Å². The molecule has 110 valence electrons. The van der Waals surface area contributed by atoms with Crippen molar-refractivity contribution in [2.45, 2.75) is 6.54 Å². The van der Waals surface area contributed by atoms with E-state index >= 15 is 0 Å². The Morgan fingerprint density at radius 2 is 1.95 bits per heavy atom. The molecule has 2 aromatic carbocycles. The highest BCUT2D eigenvalue weighted by Gasteiger charge is 2.13. The molecule has 0 saturated heterocycles. The summed E-state index contributed by atoms with van der Waals surface area (Å²) < 4.78 is 27.7. The van der Waals surface area contributed by atoms with Gasteiger partial charge in [0.05, 0.1) is 16.3 Å². The van der Waals surface area contributed by atoms with Crippen LogP contribution in [0.25, 0.3) is 0 Å². The molecule has 0 aromatic heterocycles. The van der Waals surface area contributed by atoms with Crippen molar-refractivity contribution < 1.29 is 13.6 Å². The smallest absolute Gasteiger partial charge is 0.251 e. The molecule has 21 heavy (non-hydrogen) atoms. The molecule has 0 unspecified atom stereocenters. The predicted octanol–water partition coefficient (Wildman–Crippen LogP) is 4.09. The number of carbonyl (C=O) groups excluding carboxylic acids is 1. The fraction of sp³-hybridized carbons (Fsp3) is 0.0714. The Kier molecular flexibility index (Phi) is 4.80. The van der Waals surface area contributed by atoms with Gasteiger partial charge in [-0.05, 0) is 39.7 Å². The molecule has 2 aromatic rings. The van der Waals surface area contributed by atoms with Gasteiger partial charge in [0, 0.05) is 17.1 Å². The molecule has 0 saturated carbocycles. The van der Waals surface area contributed by atoms with E-state index in [0.29, 0.717) is 11.1 Å². The first-order valence-electron chi connectivity index (χ1n) is 5.85. The summed E-state index contributed by atoms with van der Waals surface area (Å²) in [7, 11) is 0. The lowest BCUT2D eigenvalue weighted by atomic mass is 10.1. The van der Waals surface area contributed by atoms with E-state index in [1.54, 1.807) is 18.2 Å². The van der Waals surface area contributed by atoms with E-state index in [2.05, 4.69) is 21.2 Å². The normalized spacial score (nSPS) is 10.5. The molecule has 0 aliphatic rings.